The summed E-state index contributed by atoms with van der Waals surface area (Å²) >= 11 is 0. The first kappa shape index (κ1) is 16.1. The van der Waals surface area contributed by atoms with Gasteiger partial charge in [-0.2, -0.15) is 0 Å². The number of pyridine rings is 1. The Morgan fingerprint density at radius 2 is 2.10 bits per heavy atom. The average molecular weight is 327 g/mol. The van der Waals surface area contributed by atoms with E-state index in [1.807, 2.05) is 0 Å². The molecule has 0 amide bonds. The van der Waals surface area contributed by atoms with E-state index in [9.17, 15) is 12.6 Å². The van der Waals surface area contributed by atoms with E-state index in [0.29, 0.717) is 29.9 Å². The number of nitrogens with zero attached hydrogens (tertiary/aromatic N) is 1. The van der Waals surface area contributed by atoms with Gasteiger partial charge < -0.3 is 5.73 Å². The van der Waals surface area contributed by atoms with E-state index in [1.54, 1.807) is 0 Å². The minimum absolute atomic E-state index is 0.0815. The second-order valence-corrected chi connectivity index (χ2v) is 8.07. The van der Waals surface area contributed by atoms with Gasteiger partial charge in [0, 0.05) is 46.3 Å². The van der Waals surface area contributed by atoms with Gasteiger partial charge in [-0.3, -0.25) is 9.19 Å². The van der Waals surface area contributed by atoms with Crippen LogP contribution in [0.4, 0.5) is 0 Å². The molecule has 0 saturated carbocycles. The van der Waals surface area contributed by atoms with E-state index < -0.39 is 20.8 Å². The van der Waals surface area contributed by atoms with Crippen molar-refractivity contribution in [2.75, 3.05) is 18.1 Å². The Labute approximate surface area is 127 Å². The third-order valence-corrected chi connectivity index (χ3v) is 5.94. The molecule has 1 fully saturated rings. The zero-order valence-electron chi connectivity index (χ0n) is 11.4. The molecule has 1 aliphatic heterocycles. The van der Waals surface area contributed by atoms with Gasteiger partial charge in [-0.1, -0.05) is 11.8 Å². The first-order chi connectivity index (χ1) is 10.0. The number of hydrogen-bond acceptors (Lipinski definition) is 5. The van der Waals surface area contributed by atoms with Crippen LogP contribution < -0.4 is 10.5 Å². The lowest BCUT2D eigenvalue weighted by Gasteiger charge is -2.22. The van der Waals surface area contributed by atoms with E-state index in [4.69, 9.17) is 5.73 Å². The molecule has 1 aromatic heterocycles. The van der Waals surface area contributed by atoms with Crippen LogP contribution >= 0.6 is 0 Å². The summed E-state index contributed by atoms with van der Waals surface area (Å²) in [5.41, 5.74) is 5.79. The lowest BCUT2D eigenvalue weighted by Crippen LogP contribution is -2.39. The van der Waals surface area contributed by atoms with Gasteiger partial charge in [0.25, 0.3) is 0 Å². The van der Waals surface area contributed by atoms with Crippen LogP contribution in [0.5, 0.6) is 0 Å². The molecule has 0 spiro atoms. The zero-order chi connectivity index (χ0) is 15.3. The monoisotopic (exact) mass is 327 g/mol. The molecule has 2 rings (SSSR count). The summed E-state index contributed by atoms with van der Waals surface area (Å²) in [5, 5.41) is 0. The molecule has 0 radical (unpaired) electrons. The topological polar surface area (TPSA) is 102 Å². The van der Waals surface area contributed by atoms with Gasteiger partial charge in [-0.15, -0.1) is 0 Å². The van der Waals surface area contributed by atoms with Gasteiger partial charge in [0.2, 0.25) is 10.0 Å². The molecular weight excluding hydrogens is 310 g/mol. The van der Waals surface area contributed by atoms with Crippen molar-refractivity contribution >= 4 is 20.8 Å². The summed E-state index contributed by atoms with van der Waals surface area (Å²) in [6.45, 7) is 0.203. The van der Waals surface area contributed by atoms with Crippen molar-refractivity contribution in [3.05, 3.63) is 24.0 Å². The van der Waals surface area contributed by atoms with E-state index in [0.717, 1.165) is 0 Å². The predicted octanol–water partition coefficient (Wildman–Crippen LogP) is -0.419. The molecule has 1 aromatic rings. The normalized spacial score (nSPS) is 22.3. The first-order valence-corrected chi connectivity index (χ1v) is 9.49. The Morgan fingerprint density at radius 3 is 2.76 bits per heavy atom. The Bertz CT molecular complexity index is 682. The molecule has 21 heavy (non-hydrogen) atoms. The molecule has 0 unspecified atom stereocenters. The summed E-state index contributed by atoms with van der Waals surface area (Å²) in [6.07, 6.45) is 3.96. The maximum Gasteiger partial charge on any atom is 0.242 e. The number of aromatic nitrogens is 1. The zero-order valence-corrected chi connectivity index (χ0v) is 13.0. The first-order valence-electron chi connectivity index (χ1n) is 6.52. The van der Waals surface area contributed by atoms with Crippen molar-refractivity contribution in [3.63, 3.8) is 0 Å². The third-order valence-electron chi connectivity index (χ3n) is 3.07. The van der Waals surface area contributed by atoms with E-state index in [1.165, 1.54) is 18.5 Å². The van der Waals surface area contributed by atoms with Crippen molar-refractivity contribution < 1.29 is 12.6 Å². The summed E-state index contributed by atoms with van der Waals surface area (Å²) in [7, 11) is -4.45. The molecule has 0 aliphatic carbocycles. The highest BCUT2D eigenvalue weighted by molar-refractivity contribution is 7.89. The number of hydrogen-bond donors (Lipinski definition) is 2. The smallest absolute Gasteiger partial charge is 0.242 e. The summed E-state index contributed by atoms with van der Waals surface area (Å²) in [5.74, 6) is 6.48. The fraction of sp³-hybridized carbons (Fsp3) is 0.462. The van der Waals surface area contributed by atoms with Crippen LogP contribution in [0.25, 0.3) is 0 Å². The Balaban J connectivity index is 2.14. The molecule has 2 heterocycles. The van der Waals surface area contributed by atoms with Crippen molar-refractivity contribution in [1.82, 2.24) is 9.71 Å². The molecule has 0 aromatic carbocycles. The van der Waals surface area contributed by atoms with Gasteiger partial charge in [-0.25, -0.2) is 13.1 Å². The standard InChI is InChI=1S/C13H17N3O3S2/c14-5-1-2-11-8-13(10-15-9-11)21(18,19)16-12-3-6-20(17)7-4-12/h8-10,12,16H,3-7,14H2. The molecule has 0 atom stereocenters. The fourth-order valence-electron chi connectivity index (χ4n) is 1.99. The molecule has 0 bridgehead atoms. The number of nitrogens with one attached hydrogen (secondary N) is 1. The molecule has 114 valence electrons. The molecule has 8 heteroatoms. The van der Waals surface area contributed by atoms with Crippen LogP contribution in [0, 0.1) is 11.8 Å². The number of nitrogens with two attached hydrogens (primary N) is 1. The predicted molar refractivity (Wildman–Crippen MR) is 81.4 cm³/mol. The fourth-order valence-corrected chi connectivity index (χ4v) is 4.58. The molecule has 3 N–H and O–H groups in total. The lowest BCUT2D eigenvalue weighted by atomic mass is 10.2. The highest BCUT2D eigenvalue weighted by atomic mass is 32.2. The molecule has 6 nitrogen and oxygen atoms in total. The average Bonchev–Trinajstić information content (AvgIpc) is 2.48. The number of sulfonamides is 1. The second-order valence-electron chi connectivity index (χ2n) is 4.66. The van der Waals surface area contributed by atoms with E-state index in [2.05, 4.69) is 21.5 Å². The van der Waals surface area contributed by atoms with E-state index in [-0.39, 0.29) is 17.5 Å². The van der Waals surface area contributed by atoms with Crippen LogP contribution in [0.2, 0.25) is 0 Å². The number of rotatable bonds is 3. The highest BCUT2D eigenvalue weighted by Gasteiger charge is 2.24. The van der Waals surface area contributed by atoms with Gasteiger partial charge in [0.05, 0.1) is 6.54 Å². The van der Waals surface area contributed by atoms with Crippen LogP contribution in [-0.2, 0) is 20.8 Å². The SMILES string of the molecule is NCC#Cc1cncc(S(=O)(=O)NC2CCS(=O)CC2)c1. The van der Waals surface area contributed by atoms with Gasteiger partial charge >= 0.3 is 0 Å². The van der Waals surface area contributed by atoms with Crippen LogP contribution in [-0.4, -0.2) is 41.7 Å². The summed E-state index contributed by atoms with van der Waals surface area (Å²) in [4.78, 5) is 3.98. The van der Waals surface area contributed by atoms with Crippen LogP contribution in [0.1, 0.15) is 18.4 Å². The van der Waals surface area contributed by atoms with Gasteiger partial charge in [0.15, 0.2) is 0 Å². The molecule has 1 saturated heterocycles. The summed E-state index contributed by atoms with van der Waals surface area (Å²) < 4.78 is 38.5. The second kappa shape index (κ2) is 7.13. The third kappa shape index (κ3) is 4.61. The van der Waals surface area contributed by atoms with Crippen molar-refractivity contribution in [3.8, 4) is 11.8 Å². The minimum Gasteiger partial charge on any atom is -0.320 e. The molecule has 1 aliphatic rings. The largest absolute Gasteiger partial charge is 0.320 e. The minimum atomic E-state index is -3.64. The highest BCUT2D eigenvalue weighted by Crippen LogP contribution is 2.14. The van der Waals surface area contributed by atoms with Crippen molar-refractivity contribution in [1.29, 1.82) is 0 Å². The Morgan fingerprint density at radius 1 is 1.38 bits per heavy atom. The maximum absolute atomic E-state index is 12.3. The van der Waals surface area contributed by atoms with Gasteiger partial charge in [-0.05, 0) is 18.9 Å². The van der Waals surface area contributed by atoms with Gasteiger partial charge in [0.1, 0.15) is 4.90 Å². The van der Waals surface area contributed by atoms with Crippen molar-refractivity contribution in [2.45, 2.75) is 23.8 Å². The summed E-state index contributed by atoms with van der Waals surface area (Å²) in [6, 6.07) is 1.30. The Hall–Kier alpha value is -1.27. The van der Waals surface area contributed by atoms with Crippen LogP contribution in [0.3, 0.4) is 0 Å². The van der Waals surface area contributed by atoms with Crippen molar-refractivity contribution in [2.24, 2.45) is 5.73 Å². The van der Waals surface area contributed by atoms with Crippen LogP contribution in [0.15, 0.2) is 23.4 Å². The molecular formula is C13H17N3O3S2. The lowest BCUT2D eigenvalue weighted by molar-refractivity contribution is 0.521. The Kier molecular flexibility index (Phi) is 5.47. The maximum atomic E-state index is 12.3. The van der Waals surface area contributed by atoms with E-state index >= 15 is 0 Å². The quantitative estimate of drug-likeness (QED) is 0.734.